The predicted molar refractivity (Wildman–Crippen MR) is 77.7 cm³/mol. The van der Waals surface area contributed by atoms with Gasteiger partial charge in [0, 0.05) is 18.0 Å². The summed E-state index contributed by atoms with van der Waals surface area (Å²) in [6.07, 6.45) is 1.68. The van der Waals surface area contributed by atoms with Gasteiger partial charge in [0.2, 0.25) is 0 Å². The number of methoxy groups -OCH3 is 1. The third-order valence-corrected chi connectivity index (χ3v) is 3.34. The lowest BCUT2D eigenvalue weighted by Crippen LogP contribution is -1.99. The van der Waals surface area contributed by atoms with Crippen molar-refractivity contribution < 1.29 is 4.74 Å². The Balaban J connectivity index is 2.37. The normalized spacial score (nSPS) is 9.79. The van der Waals surface area contributed by atoms with E-state index in [0.717, 1.165) is 21.5 Å². The molecule has 1 aromatic carbocycles. The maximum Gasteiger partial charge on any atom is 0.148 e. The second-order valence-electron chi connectivity index (χ2n) is 3.94. The predicted octanol–water partition coefficient (Wildman–Crippen LogP) is 3.78. The molecule has 0 amide bonds. The lowest BCUT2D eigenvalue weighted by molar-refractivity contribution is 0.412. The fourth-order valence-electron chi connectivity index (χ4n) is 1.67. The van der Waals surface area contributed by atoms with E-state index in [0.29, 0.717) is 11.4 Å². The van der Waals surface area contributed by atoms with Gasteiger partial charge >= 0.3 is 0 Å². The third kappa shape index (κ3) is 2.85. The van der Waals surface area contributed by atoms with Crippen LogP contribution in [-0.2, 0) is 0 Å². The highest BCUT2D eigenvalue weighted by Gasteiger charge is 2.08. The lowest BCUT2D eigenvalue weighted by Gasteiger charge is -2.10. The molecule has 1 aromatic heterocycles. The first-order valence-electron chi connectivity index (χ1n) is 5.62. The molecule has 2 rings (SSSR count). The van der Waals surface area contributed by atoms with Crippen molar-refractivity contribution in [3.05, 3.63) is 46.1 Å². The molecule has 0 bridgehead atoms. The van der Waals surface area contributed by atoms with Gasteiger partial charge in [-0.1, -0.05) is 0 Å². The van der Waals surface area contributed by atoms with Crippen LogP contribution < -0.4 is 10.1 Å². The van der Waals surface area contributed by atoms with Crippen molar-refractivity contribution in [2.75, 3.05) is 12.4 Å². The van der Waals surface area contributed by atoms with Crippen LogP contribution in [0.2, 0.25) is 0 Å². The maximum atomic E-state index is 9.16. The molecule has 1 N–H and O–H groups in total. The summed E-state index contributed by atoms with van der Waals surface area (Å²) in [5, 5.41) is 12.3. The van der Waals surface area contributed by atoms with Crippen LogP contribution >= 0.6 is 15.9 Å². The van der Waals surface area contributed by atoms with E-state index in [1.807, 2.05) is 31.2 Å². The molecular formula is C14H12BrN3O. The van der Waals surface area contributed by atoms with E-state index < -0.39 is 0 Å². The van der Waals surface area contributed by atoms with Crippen LogP contribution in [0.3, 0.4) is 0 Å². The first-order chi connectivity index (χ1) is 9.15. The van der Waals surface area contributed by atoms with Crippen LogP contribution in [0.5, 0.6) is 5.75 Å². The molecule has 0 saturated heterocycles. The number of anilines is 2. The highest BCUT2D eigenvalue weighted by molar-refractivity contribution is 9.10. The van der Waals surface area contributed by atoms with Crippen LogP contribution in [0.1, 0.15) is 11.1 Å². The molecule has 0 aliphatic heterocycles. The Morgan fingerprint density at radius 1 is 1.37 bits per heavy atom. The molecule has 4 nitrogen and oxygen atoms in total. The van der Waals surface area contributed by atoms with Crippen LogP contribution in [-0.4, -0.2) is 12.1 Å². The zero-order valence-electron chi connectivity index (χ0n) is 10.6. The fraction of sp³-hybridized carbons (Fsp3) is 0.143. The Morgan fingerprint density at radius 3 is 2.84 bits per heavy atom. The summed E-state index contributed by atoms with van der Waals surface area (Å²) in [6, 6.07) is 9.58. The molecule has 0 unspecified atom stereocenters. The first-order valence-corrected chi connectivity index (χ1v) is 6.41. The van der Waals surface area contributed by atoms with Crippen LogP contribution in [0, 0.1) is 18.3 Å². The summed E-state index contributed by atoms with van der Waals surface area (Å²) in [6.45, 7) is 1.88. The number of hydrogen-bond acceptors (Lipinski definition) is 4. The first kappa shape index (κ1) is 13.4. The number of nitriles is 1. The molecule has 96 valence electrons. The standard InChI is InChI=1S/C14H12BrN3O/c1-9-5-6-17-14(11(9)8-16)18-10-3-4-12(15)13(7-10)19-2/h3-7H,1-2H3,(H,17,18). The van der Waals surface area contributed by atoms with Gasteiger partial charge in [-0.05, 0) is 46.6 Å². The number of halogens is 1. The van der Waals surface area contributed by atoms with Gasteiger partial charge in [-0.2, -0.15) is 5.26 Å². The fourth-order valence-corrected chi connectivity index (χ4v) is 2.08. The van der Waals surface area contributed by atoms with Gasteiger partial charge in [0.25, 0.3) is 0 Å². The highest BCUT2D eigenvalue weighted by Crippen LogP contribution is 2.29. The van der Waals surface area contributed by atoms with Crippen molar-refractivity contribution in [1.29, 1.82) is 5.26 Å². The second-order valence-corrected chi connectivity index (χ2v) is 4.79. The van der Waals surface area contributed by atoms with E-state index in [2.05, 4.69) is 32.3 Å². The molecule has 5 heteroatoms. The van der Waals surface area contributed by atoms with E-state index in [1.165, 1.54) is 0 Å². The number of ether oxygens (including phenoxy) is 1. The second kappa shape index (κ2) is 5.72. The van der Waals surface area contributed by atoms with Crippen LogP contribution in [0.15, 0.2) is 34.9 Å². The minimum absolute atomic E-state index is 0.546. The van der Waals surface area contributed by atoms with Crippen molar-refractivity contribution in [3.63, 3.8) is 0 Å². The molecular weight excluding hydrogens is 306 g/mol. The average molecular weight is 318 g/mol. The summed E-state index contributed by atoms with van der Waals surface area (Å²) in [7, 11) is 1.61. The van der Waals surface area contributed by atoms with Crippen LogP contribution in [0.4, 0.5) is 11.5 Å². The summed E-state index contributed by atoms with van der Waals surface area (Å²) < 4.78 is 6.10. The van der Waals surface area contributed by atoms with Crippen molar-refractivity contribution in [2.24, 2.45) is 0 Å². The van der Waals surface area contributed by atoms with Crippen molar-refractivity contribution in [3.8, 4) is 11.8 Å². The van der Waals surface area contributed by atoms with Gasteiger partial charge < -0.3 is 10.1 Å². The maximum absolute atomic E-state index is 9.16. The van der Waals surface area contributed by atoms with E-state index in [1.54, 1.807) is 13.3 Å². The Morgan fingerprint density at radius 2 is 2.16 bits per heavy atom. The molecule has 0 saturated carbocycles. The van der Waals surface area contributed by atoms with Gasteiger partial charge in [-0.15, -0.1) is 0 Å². The average Bonchev–Trinajstić information content (AvgIpc) is 2.41. The van der Waals surface area contributed by atoms with Crippen molar-refractivity contribution >= 4 is 27.4 Å². The smallest absolute Gasteiger partial charge is 0.148 e. The molecule has 1 heterocycles. The molecule has 19 heavy (non-hydrogen) atoms. The molecule has 0 aliphatic carbocycles. The van der Waals surface area contributed by atoms with Gasteiger partial charge in [0.05, 0.1) is 17.1 Å². The largest absolute Gasteiger partial charge is 0.495 e. The minimum atomic E-state index is 0.546. The lowest BCUT2D eigenvalue weighted by atomic mass is 10.1. The summed E-state index contributed by atoms with van der Waals surface area (Å²) >= 11 is 3.40. The van der Waals surface area contributed by atoms with Gasteiger partial charge in [0.15, 0.2) is 0 Å². The monoisotopic (exact) mass is 317 g/mol. The Labute approximate surface area is 120 Å². The molecule has 0 spiro atoms. The third-order valence-electron chi connectivity index (χ3n) is 2.68. The summed E-state index contributed by atoms with van der Waals surface area (Å²) in [5.41, 5.74) is 2.25. The minimum Gasteiger partial charge on any atom is -0.495 e. The Bertz CT molecular complexity index is 650. The molecule has 2 aromatic rings. The summed E-state index contributed by atoms with van der Waals surface area (Å²) in [4.78, 5) is 4.20. The molecule has 0 radical (unpaired) electrons. The zero-order valence-corrected chi connectivity index (χ0v) is 12.2. The summed E-state index contributed by atoms with van der Waals surface area (Å²) in [5.74, 6) is 1.27. The van der Waals surface area contributed by atoms with Gasteiger partial charge in [-0.3, -0.25) is 0 Å². The topological polar surface area (TPSA) is 57.9 Å². The van der Waals surface area contributed by atoms with E-state index in [-0.39, 0.29) is 0 Å². The van der Waals surface area contributed by atoms with Crippen molar-refractivity contribution in [2.45, 2.75) is 6.92 Å². The Kier molecular flexibility index (Phi) is 4.03. The zero-order chi connectivity index (χ0) is 13.8. The Hall–Kier alpha value is -2.06. The number of aryl methyl sites for hydroxylation is 1. The van der Waals surface area contributed by atoms with E-state index in [4.69, 9.17) is 10.00 Å². The SMILES string of the molecule is COc1cc(Nc2nccc(C)c2C#N)ccc1Br. The number of pyridine rings is 1. The number of nitrogens with one attached hydrogen (secondary N) is 1. The van der Waals surface area contributed by atoms with Crippen LogP contribution in [0.25, 0.3) is 0 Å². The number of nitrogens with zero attached hydrogens (tertiary/aromatic N) is 2. The number of benzene rings is 1. The number of hydrogen-bond donors (Lipinski definition) is 1. The highest BCUT2D eigenvalue weighted by atomic mass is 79.9. The van der Waals surface area contributed by atoms with E-state index >= 15 is 0 Å². The molecule has 0 aliphatic rings. The van der Waals surface area contributed by atoms with Crippen molar-refractivity contribution in [1.82, 2.24) is 4.98 Å². The van der Waals surface area contributed by atoms with E-state index in [9.17, 15) is 0 Å². The number of rotatable bonds is 3. The molecule has 0 atom stereocenters. The van der Waals surface area contributed by atoms with Gasteiger partial charge in [-0.25, -0.2) is 4.98 Å². The number of aromatic nitrogens is 1. The quantitative estimate of drug-likeness (QED) is 0.936. The van der Waals surface area contributed by atoms with Gasteiger partial charge in [0.1, 0.15) is 17.6 Å². The molecule has 0 fully saturated rings.